The second-order valence-electron chi connectivity index (χ2n) is 19.3. The van der Waals surface area contributed by atoms with Crippen molar-refractivity contribution in [3.8, 4) is 0 Å². The van der Waals surface area contributed by atoms with Gasteiger partial charge in [-0.15, -0.1) is 0 Å². The van der Waals surface area contributed by atoms with E-state index < -0.39 is 30.0 Å². The molecule has 0 spiro atoms. The van der Waals surface area contributed by atoms with Crippen LogP contribution < -0.4 is 50.0 Å². The van der Waals surface area contributed by atoms with Gasteiger partial charge in [-0.2, -0.15) is 45.1 Å². The fourth-order valence-corrected chi connectivity index (χ4v) is 10.1. The first-order chi connectivity index (χ1) is 35.3. The number of esters is 1. The number of aliphatic carboxylic acids is 1. The van der Waals surface area contributed by atoms with Gasteiger partial charge in [0.25, 0.3) is 0 Å². The number of methoxy groups -OCH3 is 3. The van der Waals surface area contributed by atoms with Crippen LogP contribution in [-0.2, 0) is 36.2 Å². The molecule has 0 unspecified atom stereocenters. The van der Waals surface area contributed by atoms with E-state index in [9.17, 15) is 50.6 Å². The zero-order chi connectivity index (χ0) is 55.4. The van der Waals surface area contributed by atoms with Crippen molar-refractivity contribution >= 4 is 80.2 Å². The van der Waals surface area contributed by atoms with Crippen molar-refractivity contribution in [2.24, 2.45) is 11.8 Å². The molecule has 4 N–H and O–H groups in total. The van der Waals surface area contributed by atoms with Crippen LogP contribution in [-0.4, -0.2) is 136 Å². The quantitative estimate of drug-likeness (QED) is 0.0370. The Morgan fingerprint density at radius 2 is 1.01 bits per heavy atom. The number of hydrogen-bond acceptors (Lipinski definition) is 18. The van der Waals surface area contributed by atoms with Gasteiger partial charge in [0, 0.05) is 74.4 Å². The van der Waals surface area contributed by atoms with Gasteiger partial charge < -0.3 is 55.0 Å². The number of carboxylic acid groups (broad SMARTS) is 1. The molecular formula is C49H67F6N10NaO9S2. The summed E-state index contributed by atoms with van der Waals surface area (Å²) in [4.78, 5) is 62.1. The van der Waals surface area contributed by atoms with Crippen LogP contribution in [0.2, 0.25) is 0 Å². The number of carbonyl (C=O) groups is 4. The third-order valence-electron chi connectivity index (χ3n) is 12.6. The van der Waals surface area contributed by atoms with E-state index in [-0.39, 0.29) is 112 Å². The van der Waals surface area contributed by atoms with Crippen molar-refractivity contribution in [3.05, 3.63) is 59.2 Å². The molecule has 4 aromatic rings. The number of nitrogens with zero attached hydrogens (tertiary/aromatic N) is 8. The van der Waals surface area contributed by atoms with Gasteiger partial charge >= 0.3 is 66.0 Å². The van der Waals surface area contributed by atoms with Crippen molar-refractivity contribution in [2.75, 3.05) is 81.0 Å². The average molecular weight is 1140 g/mol. The fourth-order valence-electron chi connectivity index (χ4n) is 8.92. The molecule has 2 amide bonds. The van der Waals surface area contributed by atoms with Crippen LogP contribution in [0.3, 0.4) is 0 Å². The molecule has 0 bridgehead atoms. The first-order valence-electron chi connectivity index (χ1n) is 24.4. The van der Waals surface area contributed by atoms with Crippen LogP contribution in [0, 0.1) is 11.8 Å². The molecule has 6 rings (SSSR count). The molecule has 0 radical (unpaired) electrons. The molecule has 2 aliphatic rings. The minimum absolute atomic E-state index is 0. The molecular weight excluding hydrogens is 1070 g/mol. The van der Waals surface area contributed by atoms with E-state index >= 15 is 0 Å². The summed E-state index contributed by atoms with van der Waals surface area (Å²) in [7, 11) is 4.04. The summed E-state index contributed by atoms with van der Waals surface area (Å²) in [5, 5.41) is 15.3. The van der Waals surface area contributed by atoms with Crippen LogP contribution in [0.5, 0.6) is 0 Å². The molecule has 422 valence electrons. The Labute approximate surface area is 474 Å². The summed E-state index contributed by atoms with van der Waals surface area (Å²) in [6, 6.07) is 11.4. The number of amides is 2. The molecule has 2 atom stereocenters. The fraction of sp³-hybridized carbons (Fsp3) is 0.592. The van der Waals surface area contributed by atoms with Crippen LogP contribution in [0.4, 0.5) is 68.9 Å². The minimum Gasteiger partial charge on any atom is -0.870 e. The number of likely N-dealkylation sites (tertiary alicyclic amines) is 2. The van der Waals surface area contributed by atoms with Crippen molar-refractivity contribution in [1.82, 2.24) is 28.5 Å². The number of anilines is 6. The van der Waals surface area contributed by atoms with E-state index in [0.717, 1.165) is 22.5 Å². The summed E-state index contributed by atoms with van der Waals surface area (Å²) in [5.74, 6) is -3.64. The summed E-state index contributed by atoms with van der Waals surface area (Å²) < 4.78 is 100. The molecule has 19 nitrogen and oxygen atoms in total. The molecule has 2 aromatic carbocycles. The van der Waals surface area contributed by atoms with Gasteiger partial charge in [0.2, 0.25) is 21.9 Å². The van der Waals surface area contributed by atoms with E-state index in [4.69, 9.17) is 14.2 Å². The number of ether oxygens (including phenoxy) is 3. The standard InChI is InChI=1S/C25H34F3N5O4S.C24H32F3N5O4S.Na.H2O/c1-15(2)14-33(18-8-10-32(11-9-18)24(35)37-5)20-7-6-17(16(3)12-21(34)36-4)13-19(20)29-23-30-22(31-38-23)25(26,27)28;1-14(2)13-32(17-7-9-31(10-8-17)23(35)36-4)19-6-5-16(15(3)11-20(33)34)12-18(19)28-22-29-21(30-37-22)24(25,26)27;;/h6-7,13,15-16,18H,8-12,14H2,1-5H3,(H,29,30,31);5-6,12,14-15,17H,7-11,13H2,1-4H3,(H,33,34)(H,28,29,30);;1H2/q;;+1;/p-1/t16-;15-;;/m11../s1. The van der Waals surface area contributed by atoms with Crippen LogP contribution in [0.1, 0.15) is 115 Å². The summed E-state index contributed by atoms with van der Waals surface area (Å²) >= 11 is 1.24. The number of carbonyl (C=O) groups excluding carboxylic acids is 3. The Balaban J connectivity index is 0.000000395. The Hall–Kier alpha value is -5.22. The number of carboxylic acids is 1. The third-order valence-corrected chi connectivity index (χ3v) is 13.9. The SMILES string of the molecule is COC(=O)C[C@@H](C)c1ccc(N(CC(C)C)C2CCN(C(=O)OC)CC2)c(Nc2nc(C(F)(F)F)ns2)c1.COC(=O)N1CCC(N(CC(C)C)c2ccc([C@H](C)CC(=O)O)cc2Nc2nc(C(F)(F)F)ns2)CC1.[Na+].[OH-]. The number of benzene rings is 2. The number of rotatable bonds is 18. The van der Waals surface area contributed by atoms with Gasteiger partial charge in [-0.3, -0.25) is 9.59 Å². The number of piperidine rings is 2. The number of nitrogens with one attached hydrogen (secondary N) is 2. The number of hydrogen-bond donors (Lipinski definition) is 3. The van der Waals surface area contributed by atoms with Gasteiger partial charge in [0.1, 0.15) is 0 Å². The summed E-state index contributed by atoms with van der Waals surface area (Å²) in [5.41, 5.74) is 4.22. The topological polar surface area (TPSA) is 235 Å². The maximum absolute atomic E-state index is 13.1. The number of halogens is 6. The van der Waals surface area contributed by atoms with Crippen LogP contribution >= 0.6 is 23.1 Å². The largest absolute Gasteiger partial charge is 1.00 e. The minimum atomic E-state index is -4.66. The van der Waals surface area contributed by atoms with Crippen LogP contribution in [0.25, 0.3) is 0 Å². The second-order valence-corrected chi connectivity index (χ2v) is 20.8. The van der Waals surface area contributed by atoms with Crippen molar-refractivity contribution < 1.29 is 99.9 Å². The summed E-state index contributed by atoms with van der Waals surface area (Å²) in [6.45, 7) is 15.5. The first kappa shape index (κ1) is 66.1. The number of alkyl halides is 6. The van der Waals surface area contributed by atoms with Gasteiger partial charge in [-0.25, -0.2) is 9.59 Å². The maximum Gasteiger partial charge on any atom is 1.00 e. The maximum atomic E-state index is 13.1. The first-order valence-corrected chi connectivity index (χ1v) is 26.0. The van der Waals surface area contributed by atoms with Crippen LogP contribution in [0.15, 0.2) is 36.4 Å². The Morgan fingerprint density at radius 3 is 1.31 bits per heavy atom. The molecule has 2 aliphatic heterocycles. The zero-order valence-corrected chi connectivity index (χ0v) is 48.5. The second kappa shape index (κ2) is 29.7. The molecule has 0 aliphatic carbocycles. The van der Waals surface area contributed by atoms with Gasteiger partial charge in [-0.05, 0) is 84.7 Å². The molecule has 2 fully saturated rings. The van der Waals surface area contributed by atoms with Gasteiger partial charge in [-0.1, -0.05) is 53.7 Å². The molecule has 4 heterocycles. The van der Waals surface area contributed by atoms with E-state index in [1.807, 2.05) is 37.3 Å². The molecule has 28 heteroatoms. The van der Waals surface area contributed by atoms with E-state index in [1.165, 1.54) is 21.3 Å². The molecule has 2 aromatic heterocycles. The zero-order valence-electron chi connectivity index (χ0n) is 44.8. The van der Waals surface area contributed by atoms with Crippen molar-refractivity contribution in [3.63, 3.8) is 0 Å². The third kappa shape index (κ3) is 19.0. The Bertz CT molecular complexity index is 2540. The summed E-state index contributed by atoms with van der Waals surface area (Å²) in [6.07, 6.45) is -7.16. The van der Waals surface area contributed by atoms with E-state index in [1.54, 1.807) is 22.8 Å². The Kier molecular flexibility index (Phi) is 25.5. The molecule has 0 saturated carbocycles. The monoisotopic (exact) mass is 1140 g/mol. The average Bonchev–Trinajstić information content (AvgIpc) is 4.05. The number of aromatic nitrogens is 4. The molecule has 2 saturated heterocycles. The molecule has 77 heavy (non-hydrogen) atoms. The van der Waals surface area contributed by atoms with E-state index in [0.29, 0.717) is 99.4 Å². The predicted octanol–water partition coefficient (Wildman–Crippen LogP) is 8.06. The van der Waals surface area contributed by atoms with Crippen molar-refractivity contribution in [1.29, 1.82) is 0 Å². The van der Waals surface area contributed by atoms with Crippen molar-refractivity contribution in [2.45, 2.75) is 116 Å². The van der Waals surface area contributed by atoms with Gasteiger partial charge in [0.05, 0.1) is 56.9 Å². The Morgan fingerprint density at radius 1 is 0.649 bits per heavy atom. The van der Waals surface area contributed by atoms with Gasteiger partial charge in [0.15, 0.2) is 0 Å². The van der Waals surface area contributed by atoms with E-state index in [2.05, 4.69) is 66.8 Å². The smallest absolute Gasteiger partial charge is 0.870 e. The normalized spacial score (nSPS) is 15.0. The predicted molar refractivity (Wildman–Crippen MR) is 275 cm³/mol.